The smallest absolute Gasteiger partial charge is 0.435 e. The predicted molar refractivity (Wildman–Crippen MR) is 119 cm³/mol. The Morgan fingerprint density at radius 2 is 1.91 bits per heavy atom. The lowest BCUT2D eigenvalue weighted by atomic mass is 10.1. The molecule has 9 heteroatoms. The quantitative estimate of drug-likeness (QED) is 0.511. The summed E-state index contributed by atoms with van der Waals surface area (Å²) < 4.78 is 46.4. The molecule has 1 heterocycles. The zero-order valence-corrected chi connectivity index (χ0v) is 19.0. The van der Waals surface area contributed by atoms with E-state index >= 15 is 0 Å². The van der Waals surface area contributed by atoms with E-state index in [0.717, 1.165) is 16.9 Å². The maximum absolute atomic E-state index is 13.7. The summed E-state index contributed by atoms with van der Waals surface area (Å²) in [5.41, 5.74) is 0.952. The summed E-state index contributed by atoms with van der Waals surface area (Å²) >= 11 is 0.747. The molecule has 0 aliphatic heterocycles. The van der Waals surface area contributed by atoms with Crippen LogP contribution in [0.5, 0.6) is 5.75 Å². The number of thiazole rings is 1. The number of methoxy groups -OCH3 is 1. The molecule has 3 aromatic rings. The van der Waals surface area contributed by atoms with Crippen molar-refractivity contribution in [2.24, 2.45) is 0 Å². The first-order valence-electron chi connectivity index (χ1n) is 9.86. The van der Waals surface area contributed by atoms with E-state index in [1.807, 2.05) is 31.1 Å². The van der Waals surface area contributed by atoms with Gasteiger partial charge in [0.1, 0.15) is 15.6 Å². The standard InChI is InChI=1S/C23H24F3N3O2S/c1-14(15-9-7-10-17(12-15)31-4)27-21(30)19-20(23(24,25)26)28-22(32-19)18-11-6-5-8-16(18)13-29(2)3/h5-12,14H,13H2,1-4H3,(H,27,30)/t14-/m0/s1. The van der Waals surface area contributed by atoms with Crippen molar-refractivity contribution in [1.29, 1.82) is 0 Å². The van der Waals surface area contributed by atoms with Gasteiger partial charge >= 0.3 is 6.18 Å². The van der Waals surface area contributed by atoms with Gasteiger partial charge in [0.05, 0.1) is 13.2 Å². The average molecular weight is 464 g/mol. The molecule has 2 aromatic carbocycles. The number of ether oxygens (including phenoxy) is 1. The monoisotopic (exact) mass is 463 g/mol. The molecule has 0 bridgehead atoms. The van der Waals surface area contributed by atoms with Crippen LogP contribution >= 0.6 is 11.3 Å². The van der Waals surface area contributed by atoms with Crippen LogP contribution < -0.4 is 10.1 Å². The van der Waals surface area contributed by atoms with Crippen LogP contribution in [0.3, 0.4) is 0 Å². The molecule has 1 amide bonds. The first kappa shape index (κ1) is 23.7. The number of halogens is 3. The minimum atomic E-state index is -4.75. The molecule has 0 aliphatic carbocycles. The minimum absolute atomic E-state index is 0.161. The van der Waals surface area contributed by atoms with Gasteiger partial charge in [-0.15, -0.1) is 11.3 Å². The number of carbonyl (C=O) groups excluding carboxylic acids is 1. The molecule has 1 aromatic heterocycles. The van der Waals surface area contributed by atoms with Gasteiger partial charge in [-0.05, 0) is 44.3 Å². The molecular weight excluding hydrogens is 439 g/mol. The number of benzene rings is 2. The fourth-order valence-electron chi connectivity index (χ4n) is 3.25. The van der Waals surface area contributed by atoms with Gasteiger partial charge in [-0.1, -0.05) is 36.4 Å². The van der Waals surface area contributed by atoms with Crippen molar-refractivity contribution in [2.45, 2.75) is 25.7 Å². The fourth-order valence-corrected chi connectivity index (χ4v) is 4.29. The van der Waals surface area contributed by atoms with Crippen molar-refractivity contribution in [2.75, 3.05) is 21.2 Å². The summed E-state index contributed by atoms with van der Waals surface area (Å²) in [4.78, 5) is 18.2. The highest BCUT2D eigenvalue weighted by atomic mass is 32.1. The Kier molecular flexibility index (Phi) is 7.20. The van der Waals surface area contributed by atoms with Crippen LogP contribution in [-0.2, 0) is 12.7 Å². The maximum Gasteiger partial charge on any atom is 0.435 e. The second-order valence-corrected chi connectivity index (χ2v) is 8.56. The summed E-state index contributed by atoms with van der Waals surface area (Å²) in [6.07, 6.45) is -4.75. The van der Waals surface area contributed by atoms with Crippen LogP contribution in [0, 0.1) is 0 Å². The second-order valence-electron chi connectivity index (χ2n) is 7.56. The van der Waals surface area contributed by atoms with Gasteiger partial charge in [0.2, 0.25) is 0 Å². The van der Waals surface area contributed by atoms with Gasteiger partial charge in [0, 0.05) is 12.1 Å². The second kappa shape index (κ2) is 9.70. The number of amides is 1. The molecule has 5 nitrogen and oxygen atoms in total. The Labute approximate surface area is 188 Å². The van der Waals surface area contributed by atoms with E-state index in [2.05, 4.69) is 10.3 Å². The molecule has 32 heavy (non-hydrogen) atoms. The lowest BCUT2D eigenvalue weighted by Crippen LogP contribution is -2.28. The normalized spacial score (nSPS) is 12.6. The van der Waals surface area contributed by atoms with Gasteiger partial charge in [0.15, 0.2) is 5.69 Å². The number of hydrogen-bond acceptors (Lipinski definition) is 5. The Bertz CT molecular complexity index is 1100. The number of nitrogens with zero attached hydrogens (tertiary/aromatic N) is 2. The zero-order valence-electron chi connectivity index (χ0n) is 18.2. The van der Waals surface area contributed by atoms with Crippen molar-refractivity contribution in [3.05, 3.63) is 70.2 Å². The van der Waals surface area contributed by atoms with E-state index in [4.69, 9.17) is 4.74 Å². The van der Waals surface area contributed by atoms with E-state index in [0.29, 0.717) is 23.4 Å². The topological polar surface area (TPSA) is 54.5 Å². The van der Waals surface area contributed by atoms with Crippen LogP contribution in [0.25, 0.3) is 10.6 Å². The summed E-state index contributed by atoms with van der Waals surface area (Å²) in [5, 5.41) is 2.82. The highest BCUT2D eigenvalue weighted by Gasteiger charge is 2.40. The summed E-state index contributed by atoms with van der Waals surface area (Å²) in [5.74, 6) is -0.223. The van der Waals surface area contributed by atoms with Gasteiger partial charge < -0.3 is 15.0 Å². The Balaban J connectivity index is 1.96. The third-order valence-corrected chi connectivity index (χ3v) is 5.87. The molecule has 3 rings (SSSR count). The molecule has 1 atom stereocenters. The molecule has 0 spiro atoms. The molecule has 0 saturated heterocycles. The van der Waals surface area contributed by atoms with E-state index < -0.39 is 28.7 Å². The molecule has 0 saturated carbocycles. The number of carbonyl (C=O) groups is 1. The summed E-state index contributed by atoms with van der Waals surface area (Å²) in [6.45, 7) is 2.24. The molecule has 1 N–H and O–H groups in total. The molecular formula is C23H24F3N3O2S. The van der Waals surface area contributed by atoms with Gasteiger partial charge in [0.25, 0.3) is 5.91 Å². The maximum atomic E-state index is 13.7. The first-order valence-corrected chi connectivity index (χ1v) is 10.7. The van der Waals surface area contributed by atoms with Crippen LogP contribution in [-0.4, -0.2) is 37.0 Å². The highest BCUT2D eigenvalue weighted by Crippen LogP contribution is 2.39. The van der Waals surface area contributed by atoms with Gasteiger partial charge in [-0.2, -0.15) is 13.2 Å². The predicted octanol–water partition coefficient (Wildman–Crippen LogP) is 5.39. The van der Waals surface area contributed by atoms with Crippen molar-refractivity contribution in [3.63, 3.8) is 0 Å². The van der Waals surface area contributed by atoms with E-state index in [-0.39, 0.29) is 5.01 Å². The minimum Gasteiger partial charge on any atom is -0.497 e. The number of alkyl halides is 3. The molecule has 0 aliphatic rings. The van der Waals surface area contributed by atoms with Crippen LogP contribution in [0.4, 0.5) is 13.2 Å². The fraction of sp³-hybridized carbons (Fsp3) is 0.304. The lowest BCUT2D eigenvalue weighted by Gasteiger charge is -2.15. The number of hydrogen-bond donors (Lipinski definition) is 1. The molecule has 0 unspecified atom stereocenters. The zero-order chi connectivity index (χ0) is 23.5. The van der Waals surface area contributed by atoms with Crippen molar-refractivity contribution in [1.82, 2.24) is 15.2 Å². The van der Waals surface area contributed by atoms with E-state index in [1.54, 1.807) is 43.3 Å². The number of rotatable bonds is 7. The van der Waals surface area contributed by atoms with Gasteiger partial charge in [-0.25, -0.2) is 4.98 Å². The Hall–Kier alpha value is -2.91. The number of aromatic nitrogens is 1. The van der Waals surface area contributed by atoms with Crippen molar-refractivity contribution in [3.8, 4) is 16.3 Å². The van der Waals surface area contributed by atoms with E-state index in [1.165, 1.54) is 7.11 Å². The highest BCUT2D eigenvalue weighted by molar-refractivity contribution is 7.17. The third-order valence-electron chi connectivity index (χ3n) is 4.78. The van der Waals surface area contributed by atoms with Crippen molar-refractivity contribution >= 4 is 17.2 Å². The summed E-state index contributed by atoms with van der Waals surface area (Å²) in [7, 11) is 5.27. The van der Waals surface area contributed by atoms with E-state index in [9.17, 15) is 18.0 Å². The Morgan fingerprint density at radius 3 is 2.56 bits per heavy atom. The van der Waals surface area contributed by atoms with Gasteiger partial charge in [-0.3, -0.25) is 4.79 Å². The number of nitrogens with one attached hydrogen (secondary N) is 1. The van der Waals surface area contributed by atoms with Crippen LogP contribution in [0.1, 0.15) is 39.5 Å². The largest absolute Gasteiger partial charge is 0.497 e. The SMILES string of the molecule is COc1cccc([C@H](C)NC(=O)c2sc(-c3ccccc3CN(C)C)nc2C(F)(F)F)c1. The summed E-state index contributed by atoms with van der Waals surface area (Å²) in [6, 6.07) is 13.6. The van der Waals surface area contributed by atoms with Crippen LogP contribution in [0.2, 0.25) is 0 Å². The molecule has 0 fully saturated rings. The molecule has 0 radical (unpaired) electrons. The van der Waals surface area contributed by atoms with Crippen LogP contribution in [0.15, 0.2) is 48.5 Å². The first-order chi connectivity index (χ1) is 15.1. The average Bonchev–Trinajstić information content (AvgIpc) is 3.20. The third kappa shape index (κ3) is 5.46. The van der Waals surface area contributed by atoms with Crippen molar-refractivity contribution < 1.29 is 22.7 Å². The lowest BCUT2D eigenvalue weighted by molar-refractivity contribution is -0.141. The Morgan fingerprint density at radius 1 is 1.19 bits per heavy atom. The molecule has 170 valence electrons.